The zero-order valence-corrected chi connectivity index (χ0v) is 11.9. The van der Waals surface area contributed by atoms with E-state index in [9.17, 15) is 5.11 Å². The summed E-state index contributed by atoms with van der Waals surface area (Å²) in [5, 5.41) is 15.7. The highest BCUT2D eigenvalue weighted by Gasteiger charge is 2.12. The SMILES string of the molecule is COCC(O)CN(C)Cc1cc(-c2cccs2)on1. The highest BCUT2D eigenvalue weighted by Crippen LogP contribution is 2.25. The number of rotatable bonds is 7. The van der Waals surface area contributed by atoms with Crippen LogP contribution in [0.4, 0.5) is 0 Å². The van der Waals surface area contributed by atoms with Gasteiger partial charge in [-0.3, -0.25) is 4.90 Å². The van der Waals surface area contributed by atoms with Gasteiger partial charge in [0.25, 0.3) is 0 Å². The largest absolute Gasteiger partial charge is 0.389 e. The Morgan fingerprint density at radius 1 is 1.58 bits per heavy atom. The topological polar surface area (TPSA) is 58.7 Å². The molecule has 2 rings (SSSR count). The zero-order valence-electron chi connectivity index (χ0n) is 11.1. The van der Waals surface area contributed by atoms with Crippen molar-refractivity contribution in [2.24, 2.45) is 0 Å². The Labute approximate surface area is 116 Å². The summed E-state index contributed by atoms with van der Waals surface area (Å²) < 4.78 is 10.2. The molecule has 0 aromatic carbocycles. The quantitative estimate of drug-likeness (QED) is 0.839. The Morgan fingerprint density at radius 3 is 3.11 bits per heavy atom. The van der Waals surface area contributed by atoms with Gasteiger partial charge in [-0.2, -0.15) is 0 Å². The number of aliphatic hydroxyl groups is 1. The second-order valence-corrected chi connectivity index (χ2v) is 5.41. The lowest BCUT2D eigenvalue weighted by atomic mass is 10.3. The van der Waals surface area contributed by atoms with Crippen LogP contribution in [0.15, 0.2) is 28.1 Å². The molecule has 0 bridgehead atoms. The Hall–Kier alpha value is -1.21. The standard InChI is InChI=1S/C13H18N2O3S/c1-15(8-11(16)9-17-2)7-10-6-12(18-14-10)13-4-3-5-19-13/h3-6,11,16H,7-9H2,1-2H3. The minimum Gasteiger partial charge on any atom is -0.389 e. The zero-order chi connectivity index (χ0) is 13.7. The summed E-state index contributed by atoms with van der Waals surface area (Å²) >= 11 is 1.62. The van der Waals surface area contributed by atoms with Crippen molar-refractivity contribution in [2.45, 2.75) is 12.6 Å². The number of ether oxygens (including phenoxy) is 1. The first-order valence-electron chi connectivity index (χ1n) is 6.04. The van der Waals surface area contributed by atoms with Gasteiger partial charge in [-0.1, -0.05) is 11.2 Å². The van der Waals surface area contributed by atoms with E-state index in [-0.39, 0.29) is 0 Å². The van der Waals surface area contributed by atoms with Crippen LogP contribution in [-0.4, -0.2) is 48.6 Å². The molecule has 0 radical (unpaired) electrons. The van der Waals surface area contributed by atoms with Crippen LogP contribution >= 0.6 is 11.3 Å². The Balaban J connectivity index is 1.89. The number of aromatic nitrogens is 1. The van der Waals surface area contributed by atoms with Crippen molar-refractivity contribution in [3.8, 4) is 10.6 Å². The molecule has 2 aromatic rings. The number of methoxy groups -OCH3 is 1. The van der Waals surface area contributed by atoms with Crippen LogP contribution in [0.25, 0.3) is 10.6 Å². The molecule has 2 heterocycles. The first-order chi connectivity index (χ1) is 9.19. The summed E-state index contributed by atoms with van der Waals surface area (Å²) in [7, 11) is 3.51. The molecule has 0 saturated carbocycles. The summed E-state index contributed by atoms with van der Waals surface area (Å²) in [4.78, 5) is 3.06. The van der Waals surface area contributed by atoms with Gasteiger partial charge in [0, 0.05) is 26.3 Å². The highest BCUT2D eigenvalue weighted by molar-refractivity contribution is 7.13. The maximum atomic E-state index is 9.64. The third-order valence-corrected chi connectivity index (χ3v) is 3.52. The normalized spacial score (nSPS) is 13.1. The lowest BCUT2D eigenvalue weighted by Gasteiger charge is -2.18. The molecule has 1 atom stereocenters. The monoisotopic (exact) mass is 282 g/mol. The predicted octanol–water partition coefficient (Wildman–Crippen LogP) is 1.84. The summed E-state index contributed by atoms with van der Waals surface area (Å²) in [6.45, 7) is 1.51. The van der Waals surface area contributed by atoms with Crippen molar-refractivity contribution in [2.75, 3.05) is 27.3 Å². The third-order valence-electron chi connectivity index (χ3n) is 2.64. The lowest BCUT2D eigenvalue weighted by Crippen LogP contribution is -2.31. The third kappa shape index (κ3) is 4.14. The van der Waals surface area contributed by atoms with Crippen LogP contribution in [0.3, 0.4) is 0 Å². The fourth-order valence-corrected chi connectivity index (χ4v) is 2.54. The van der Waals surface area contributed by atoms with Crippen LogP contribution in [-0.2, 0) is 11.3 Å². The first kappa shape index (κ1) is 14.2. The van der Waals surface area contributed by atoms with E-state index in [0.717, 1.165) is 16.3 Å². The van der Waals surface area contributed by atoms with Crippen molar-refractivity contribution < 1.29 is 14.4 Å². The average molecular weight is 282 g/mol. The molecule has 0 amide bonds. The van der Waals surface area contributed by atoms with Gasteiger partial charge in [0.1, 0.15) is 0 Å². The number of hydrogen-bond donors (Lipinski definition) is 1. The molecular formula is C13H18N2O3S. The van der Waals surface area contributed by atoms with Gasteiger partial charge >= 0.3 is 0 Å². The van der Waals surface area contributed by atoms with Crippen molar-refractivity contribution >= 4 is 11.3 Å². The van der Waals surface area contributed by atoms with E-state index in [1.807, 2.05) is 35.5 Å². The molecule has 0 saturated heterocycles. The van der Waals surface area contributed by atoms with E-state index in [0.29, 0.717) is 19.7 Å². The van der Waals surface area contributed by atoms with E-state index < -0.39 is 6.10 Å². The molecule has 1 unspecified atom stereocenters. The summed E-state index contributed by atoms with van der Waals surface area (Å²) in [6, 6.07) is 5.92. The Bertz CT molecular complexity index is 484. The van der Waals surface area contributed by atoms with Gasteiger partial charge in [-0.15, -0.1) is 11.3 Å². The van der Waals surface area contributed by atoms with Gasteiger partial charge < -0.3 is 14.4 Å². The van der Waals surface area contributed by atoms with Gasteiger partial charge in [-0.05, 0) is 18.5 Å². The minimum atomic E-state index is -0.487. The first-order valence-corrected chi connectivity index (χ1v) is 6.92. The number of hydrogen-bond acceptors (Lipinski definition) is 6. The number of nitrogens with zero attached hydrogens (tertiary/aromatic N) is 2. The van der Waals surface area contributed by atoms with Crippen LogP contribution in [0.1, 0.15) is 5.69 Å². The number of aliphatic hydroxyl groups excluding tert-OH is 1. The molecule has 0 aliphatic carbocycles. The summed E-state index contributed by atoms with van der Waals surface area (Å²) in [6.07, 6.45) is -0.487. The van der Waals surface area contributed by atoms with Crippen LogP contribution in [0.2, 0.25) is 0 Å². The van der Waals surface area contributed by atoms with E-state index >= 15 is 0 Å². The molecule has 2 aromatic heterocycles. The van der Waals surface area contributed by atoms with Crippen LogP contribution < -0.4 is 0 Å². The minimum absolute atomic E-state index is 0.337. The smallest absolute Gasteiger partial charge is 0.177 e. The molecule has 0 spiro atoms. The fraction of sp³-hybridized carbons (Fsp3) is 0.462. The van der Waals surface area contributed by atoms with Crippen molar-refractivity contribution in [3.63, 3.8) is 0 Å². The fourth-order valence-electron chi connectivity index (χ4n) is 1.87. The van der Waals surface area contributed by atoms with Gasteiger partial charge in [0.2, 0.25) is 0 Å². The molecule has 5 nitrogen and oxygen atoms in total. The Kier molecular flexibility index (Phi) is 5.09. The molecule has 0 aliphatic rings. The van der Waals surface area contributed by atoms with Crippen LogP contribution in [0.5, 0.6) is 0 Å². The van der Waals surface area contributed by atoms with E-state index in [4.69, 9.17) is 9.26 Å². The molecule has 6 heteroatoms. The molecule has 104 valence electrons. The molecular weight excluding hydrogens is 264 g/mol. The predicted molar refractivity (Wildman–Crippen MR) is 74.0 cm³/mol. The van der Waals surface area contributed by atoms with Gasteiger partial charge in [0.15, 0.2) is 5.76 Å². The molecule has 0 fully saturated rings. The molecule has 1 N–H and O–H groups in total. The molecule has 19 heavy (non-hydrogen) atoms. The summed E-state index contributed by atoms with van der Waals surface area (Å²) in [5.74, 6) is 0.788. The second-order valence-electron chi connectivity index (χ2n) is 4.47. The second kappa shape index (κ2) is 6.81. The van der Waals surface area contributed by atoms with Gasteiger partial charge in [-0.25, -0.2) is 0 Å². The van der Waals surface area contributed by atoms with Gasteiger partial charge in [0.05, 0.1) is 23.3 Å². The average Bonchev–Trinajstić information content (AvgIpc) is 2.98. The summed E-state index contributed by atoms with van der Waals surface area (Å²) in [5.41, 5.74) is 0.857. The maximum absolute atomic E-state index is 9.64. The maximum Gasteiger partial charge on any atom is 0.177 e. The Morgan fingerprint density at radius 2 is 2.42 bits per heavy atom. The van der Waals surface area contributed by atoms with E-state index in [2.05, 4.69) is 5.16 Å². The van der Waals surface area contributed by atoms with Crippen molar-refractivity contribution in [1.82, 2.24) is 10.1 Å². The van der Waals surface area contributed by atoms with E-state index in [1.54, 1.807) is 18.4 Å². The highest BCUT2D eigenvalue weighted by atomic mass is 32.1. The van der Waals surface area contributed by atoms with Crippen molar-refractivity contribution in [3.05, 3.63) is 29.3 Å². The van der Waals surface area contributed by atoms with Crippen LogP contribution in [0, 0.1) is 0 Å². The lowest BCUT2D eigenvalue weighted by molar-refractivity contribution is 0.0415. The molecule has 0 aliphatic heterocycles. The number of thiophene rings is 1. The van der Waals surface area contributed by atoms with E-state index in [1.165, 1.54) is 0 Å². The number of likely N-dealkylation sites (N-methyl/N-ethyl adjacent to an activating group) is 1. The van der Waals surface area contributed by atoms with Crippen molar-refractivity contribution in [1.29, 1.82) is 0 Å².